The number of nitrogens with zero attached hydrogens (tertiary/aromatic N) is 1. The maximum atomic E-state index is 3.96. The molecule has 0 spiro atoms. The van der Waals surface area contributed by atoms with Crippen LogP contribution in [0.4, 0.5) is 0 Å². The van der Waals surface area contributed by atoms with Crippen LogP contribution >= 0.6 is 0 Å². The van der Waals surface area contributed by atoms with E-state index in [0.29, 0.717) is 0 Å². The Labute approximate surface area is 174 Å². The van der Waals surface area contributed by atoms with Gasteiger partial charge in [-0.2, -0.15) is 24.6 Å². The Hall–Kier alpha value is -1.24. The fraction of sp³-hybridized carbons (Fsp3) is 0.333. The van der Waals surface area contributed by atoms with E-state index < -0.39 is 0 Å². The number of aryl methyl sites for hydroxylation is 2. The number of hydrogen-bond acceptors (Lipinski definition) is 0. The molecule has 0 aliphatic carbocycles. The van der Waals surface area contributed by atoms with Crippen molar-refractivity contribution >= 4 is 0 Å². The van der Waals surface area contributed by atoms with Crippen LogP contribution in [0.25, 0.3) is 0 Å². The van der Waals surface area contributed by atoms with Crippen LogP contribution in [0, 0.1) is 28.7 Å². The van der Waals surface area contributed by atoms with Gasteiger partial charge in [0.1, 0.15) is 6.54 Å². The van der Waals surface area contributed by atoms with Crippen LogP contribution in [-0.2, 0) is 35.9 Å². The third kappa shape index (κ3) is 11.4. The molecular formula is C24H38NNi-3. The van der Waals surface area contributed by atoms with E-state index in [1.54, 1.807) is 0 Å². The van der Waals surface area contributed by atoms with Gasteiger partial charge in [-0.3, -0.25) is 6.92 Å². The zero-order chi connectivity index (χ0) is 17.3. The molecule has 0 amide bonds. The van der Waals surface area contributed by atoms with Crippen LogP contribution in [0.5, 0.6) is 0 Å². The molecule has 2 heteroatoms. The Morgan fingerprint density at radius 2 is 1.08 bits per heavy atom. The summed E-state index contributed by atoms with van der Waals surface area (Å²) >= 11 is 0. The molecule has 0 saturated carbocycles. The fourth-order valence-electron chi connectivity index (χ4n) is 2.23. The molecule has 2 aromatic carbocycles. The molecule has 0 aliphatic heterocycles. The normalized spacial score (nSPS) is 9.58. The topological polar surface area (TPSA) is 0 Å². The number of benzene rings is 2. The van der Waals surface area contributed by atoms with Crippen LogP contribution in [0.3, 0.4) is 0 Å². The zero-order valence-electron chi connectivity index (χ0n) is 17.6. The van der Waals surface area contributed by atoms with Gasteiger partial charge in [0.15, 0.2) is 0 Å². The maximum absolute atomic E-state index is 3.96. The molecule has 0 aromatic heterocycles. The van der Waals surface area contributed by atoms with E-state index in [1.807, 2.05) is 12.1 Å². The van der Waals surface area contributed by atoms with E-state index in [4.69, 9.17) is 0 Å². The number of hydrogen-bond donors (Lipinski definition) is 0. The first kappa shape index (κ1) is 29.5. The van der Waals surface area contributed by atoms with Crippen molar-refractivity contribution in [2.75, 3.05) is 20.6 Å². The Morgan fingerprint density at radius 3 is 1.42 bits per heavy atom. The van der Waals surface area contributed by atoms with Gasteiger partial charge in [0, 0.05) is 22.1 Å². The summed E-state index contributed by atoms with van der Waals surface area (Å²) in [4.78, 5) is 0. The van der Waals surface area contributed by atoms with Crippen LogP contribution in [0.1, 0.15) is 36.1 Å². The summed E-state index contributed by atoms with van der Waals surface area (Å²) < 4.78 is 0.950. The predicted molar refractivity (Wildman–Crippen MR) is 115 cm³/mol. The second-order valence-corrected chi connectivity index (χ2v) is 6.66. The van der Waals surface area contributed by atoms with E-state index in [1.165, 1.54) is 16.7 Å². The minimum absolute atomic E-state index is 0. The Balaban J connectivity index is -0.000000390. The van der Waals surface area contributed by atoms with E-state index in [9.17, 15) is 0 Å². The summed E-state index contributed by atoms with van der Waals surface area (Å²) in [6.45, 7) is 14.1. The zero-order valence-corrected chi connectivity index (χ0v) is 18.6. The smallest absolute Gasteiger partial charge is 0.102 e. The van der Waals surface area contributed by atoms with Crippen molar-refractivity contribution in [2.45, 2.75) is 33.2 Å². The summed E-state index contributed by atoms with van der Waals surface area (Å²) in [5, 5.41) is 0. The average Bonchev–Trinajstić information content (AvgIpc) is 2.56. The first-order chi connectivity index (χ1) is 10.9. The van der Waals surface area contributed by atoms with Crippen LogP contribution < -0.4 is 0 Å². The number of quaternary nitrogens is 1. The van der Waals surface area contributed by atoms with Gasteiger partial charge in [0.2, 0.25) is 0 Å². The average molecular weight is 399 g/mol. The monoisotopic (exact) mass is 398 g/mol. The molecule has 0 heterocycles. The van der Waals surface area contributed by atoms with Crippen molar-refractivity contribution in [1.29, 1.82) is 0 Å². The van der Waals surface area contributed by atoms with Crippen molar-refractivity contribution < 1.29 is 21.0 Å². The first-order valence-corrected chi connectivity index (χ1v) is 8.50. The predicted octanol–water partition coefficient (Wildman–Crippen LogP) is 5.99. The van der Waals surface area contributed by atoms with Crippen LogP contribution in [0.2, 0.25) is 0 Å². The van der Waals surface area contributed by atoms with Gasteiger partial charge in [-0.1, -0.05) is 43.7 Å². The SMILES string of the molecule is [CH2-]C[N+](C)(C)Cc1ccc(CC)cc1.[CH2-]c1ccc(CC)cc1.[CH3-].[CH3-].[Ni]. The van der Waals surface area contributed by atoms with Crippen molar-refractivity contribution in [1.82, 2.24) is 0 Å². The summed E-state index contributed by atoms with van der Waals surface area (Å²) in [5.74, 6) is 0. The standard InChI is InChI=1S/C13H21N.C9H11.2CH3.Ni/c1-5-12-7-9-13(10-8-12)11-14(3,4)6-2;1-3-9-6-4-8(2)5-7-9;;;/h7-10H,2,5-6,11H2,1,3-4H3;4-7H,2-3H2,1H3;2*1H3;/q;3*-1;. The van der Waals surface area contributed by atoms with Crippen LogP contribution in [-0.4, -0.2) is 25.1 Å². The molecular weight excluding hydrogens is 361 g/mol. The van der Waals surface area contributed by atoms with Crippen molar-refractivity contribution in [3.63, 3.8) is 0 Å². The minimum Gasteiger partial charge on any atom is -0.358 e. The minimum atomic E-state index is 0. The van der Waals surface area contributed by atoms with Crippen molar-refractivity contribution in [3.05, 3.63) is 99.5 Å². The molecule has 0 unspecified atom stereocenters. The van der Waals surface area contributed by atoms with E-state index in [0.717, 1.165) is 36.0 Å². The van der Waals surface area contributed by atoms with Crippen molar-refractivity contribution in [3.8, 4) is 0 Å². The number of rotatable bonds is 5. The molecule has 0 fully saturated rings. The summed E-state index contributed by atoms with van der Waals surface area (Å²) in [7, 11) is 4.42. The molecule has 0 bridgehead atoms. The molecule has 1 nitrogen and oxygen atoms in total. The molecule has 152 valence electrons. The summed E-state index contributed by atoms with van der Waals surface area (Å²) in [6, 6.07) is 17.2. The van der Waals surface area contributed by atoms with Gasteiger partial charge in [-0.15, -0.1) is 12.1 Å². The van der Waals surface area contributed by atoms with Crippen molar-refractivity contribution in [2.24, 2.45) is 0 Å². The Morgan fingerprint density at radius 1 is 0.731 bits per heavy atom. The molecule has 26 heavy (non-hydrogen) atoms. The van der Waals surface area contributed by atoms with Gasteiger partial charge < -0.3 is 19.3 Å². The van der Waals surface area contributed by atoms with Crippen LogP contribution in [0.15, 0.2) is 48.5 Å². The second kappa shape index (κ2) is 14.9. The van der Waals surface area contributed by atoms with Gasteiger partial charge in [-0.25, -0.2) is 0 Å². The Kier molecular flexibility index (Phi) is 16.9. The molecule has 0 N–H and O–H groups in total. The largest absolute Gasteiger partial charge is 0.358 e. The fourth-order valence-corrected chi connectivity index (χ4v) is 2.23. The van der Waals surface area contributed by atoms with Gasteiger partial charge in [0.05, 0.1) is 14.1 Å². The molecule has 0 radical (unpaired) electrons. The second-order valence-electron chi connectivity index (χ2n) is 6.66. The van der Waals surface area contributed by atoms with E-state index in [-0.39, 0.29) is 31.3 Å². The van der Waals surface area contributed by atoms with E-state index >= 15 is 0 Å². The van der Waals surface area contributed by atoms with Gasteiger partial charge in [-0.05, 0) is 24.9 Å². The molecule has 2 aromatic rings. The first-order valence-electron chi connectivity index (χ1n) is 8.50. The third-order valence-corrected chi connectivity index (χ3v) is 4.08. The Bertz CT molecular complexity index is 556. The third-order valence-electron chi connectivity index (χ3n) is 4.08. The van der Waals surface area contributed by atoms with Gasteiger partial charge in [0.25, 0.3) is 0 Å². The van der Waals surface area contributed by atoms with Gasteiger partial charge >= 0.3 is 0 Å². The molecule has 0 atom stereocenters. The summed E-state index contributed by atoms with van der Waals surface area (Å²) in [5.41, 5.74) is 5.28. The molecule has 0 aliphatic rings. The maximum Gasteiger partial charge on any atom is 0.102 e. The quantitative estimate of drug-likeness (QED) is 0.329. The molecule has 2 rings (SSSR count). The molecule has 0 saturated heterocycles. The van der Waals surface area contributed by atoms with E-state index in [2.05, 4.69) is 78.2 Å². The summed E-state index contributed by atoms with van der Waals surface area (Å²) in [6.07, 6.45) is 2.23.